The molecule has 0 atom stereocenters. The maximum Gasteiger partial charge on any atom is 1.00 e. The molecule has 0 amide bonds. The van der Waals surface area contributed by atoms with Gasteiger partial charge in [0.2, 0.25) is 0 Å². The Morgan fingerprint density at radius 1 is 0.750 bits per heavy atom. The maximum atomic E-state index is 5.60. The fraction of sp³-hybridized carbons (Fsp3) is 0. The largest absolute Gasteiger partial charge is 1.00 e. The summed E-state index contributed by atoms with van der Waals surface area (Å²) in [6.07, 6.45) is 0. The van der Waals surface area contributed by atoms with Crippen molar-refractivity contribution in [3.63, 3.8) is 0 Å². The Balaban J connectivity index is 0.00000128. The summed E-state index contributed by atoms with van der Waals surface area (Å²) < 4.78 is 0. The van der Waals surface area contributed by atoms with Crippen LogP contribution in [0.25, 0.3) is 0 Å². The Kier molecular flexibility index (Phi) is 6.49. The zero-order valence-electron chi connectivity index (χ0n) is 9.04. The third-order valence-corrected chi connectivity index (χ3v) is 6.68. The molecule has 0 radical (unpaired) electrons. The van der Waals surface area contributed by atoms with Crippen LogP contribution in [0.5, 0.6) is 0 Å². The second kappa shape index (κ2) is 6.86. The number of benzene rings is 2. The molecule has 0 N–H and O–H groups in total. The van der Waals surface area contributed by atoms with Gasteiger partial charge in [0.25, 0.3) is 0 Å². The minimum absolute atomic E-state index is 0. The predicted octanol–water partition coefficient (Wildman–Crippen LogP) is -0.417. The fourth-order valence-electron chi connectivity index (χ4n) is 1.40. The molecule has 0 spiro atoms. The van der Waals surface area contributed by atoms with Crippen molar-refractivity contribution in [1.82, 2.24) is 0 Å². The molecule has 0 unspecified atom stereocenters. The zero-order valence-corrected chi connectivity index (χ0v) is 14.7. The molecule has 0 aliphatic heterocycles. The second-order valence-corrected chi connectivity index (χ2v) is 9.34. The first-order chi connectivity index (χ1) is 7.21. The Labute approximate surface area is 149 Å². The Morgan fingerprint density at radius 3 is 1.38 bits per heavy atom. The number of rotatable bonds is 2. The molecule has 2 rings (SSSR count). The molecule has 16 heavy (non-hydrogen) atoms. The van der Waals surface area contributed by atoms with Crippen LogP contribution >= 0.6 is 5.24 Å². The van der Waals surface area contributed by atoms with E-state index in [2.05, 4.69) is 0 Å². The summed E-state index contributed by atoms with van der Waals surface area (Å²) in [5.41, 5.74) is 0. The van der Waals surface area contributed by atoms with Crippen LogP contribution in [0.15, 0.2) is 60.7 Å². The third kappa shape index (κ3) is 3.53. The van der Waals surface area contributed by atoms with Crippen LogP contribution in [-0.4, -0.2) is 0 Å². The van der Waals surface area contributed by atoms with Gasteiger partial charge in [0.05, 0.1) is 0 Å². The van der Waals surface area contributed by atoms with E-state index >= 15 is 0 Å². The molecule has 0 heterocycles. The maximum absolute atomic E-state index is 5.60. The summed E-state index contributed by atoms with van der Waals surface area (Å²) in [5, 5.41) is 0.216. The molecule has 0 saturated carbocycles. The normalized spacial score (nSPS) is 10.6. The summed E-state index contributed by atoms with van der Waals surface area (Å²) in [4.78, 5) is 0. The van der Waals surface area contributed by atoms with Crippen LogP contribution in [0.3, 0.4) is 0 Å². The van der Waals surface area contributed by atoms with Crippen molar-refractivity contribution >= 4 is 39.9 Å². The van der Waals surface area contributed by atoms with Crippen molar-refractivity contribution in [3.8, 4) is 0 Å². The van der Waals surface area contributed by atoms with E-state index < -0.39 is 5.24 Å². The summed E-state index contributed by atoms with van der Waals surface area (Å²) in [6.45, 7) is 0. The molecule has 0 bridgehead atoms. The van der Waals surface area contributed by atoms with Crippen molar-refractivity contribution in [3.05, 3.63) is 60.7 Å². The quantitative estimate of drug-likeness (QED) is 0.418. The van der Waals surface area contributed by atoms with E-state index in [1.807, 2.05) is 60.7 Å². The van der Waals surface area contributed by atoms with E-state index in [0.29, 0.717) is 0 Å². The van der Waals surface area contributed by atoms with Gasteiger partial charge >= 0.3 is 51.4 Å². The first-order valence-electron chi connectivity index (χ1n) is 4.63. The second-order valence-electron chi connectivity index (χ2n) is 3.22. The molecule has 0 aromatic heterocycles. The van der Waals surface area contributed by atoms with Gasteiger partial charge in [-0.1, -0.05) is 60.7 Å². The van der Waals surface area contributed by atoms with E-state index in [4.69, 9.17) is 24.1 Å². The van der Waals surface area contributed by atoms with Crippen molar-refractivity contribution < 1.29 is 51.4 Å². The molecule has 2 aromatic rings. The van der Waals surface area contributed by atoms with Crippen molar-refractivity contribution in [2.75, 3.05) is 0 Å². The van der Waals surface area contributed by atoms with Gasteiger partial charge in [0, 0.05) is 0 Å². The number of hydrogen-bond donors (Lipinski definition) is 0. The molecule has 2 aromatic carbocycles. The van der Waals surface area contributed by atoms with Crippen molar-refractivity contribution in [1.29, 1.82) is 0 Å². The molecular weight excluding hydrogens is 278 g/mol. The van der Waals surface area contributed by atoms with Gasteiger partial charge in [0.1, 0.15) is 0 Å². The first kappa shape index (κ1) is 15.1. The fourth-order valence-corrected chi connectivity index (χ4v) is 4.29. The van der Waals surface area contributed by atoms with Crippen LogP contribution < -0.4 is 62.0 Å². The van der Waals surface area contributed by atoms with E-state index in [0.717, 1.165) is 10.6 Å². The van der Waals surface area contributed by atoms with Gasteiger partial charge in [-0.05, 0) is 10.6 Å². The Morgan fingerprint density at radius 2 is 1.06 bits per heavy atom. The van der Waals surface area contributed by atoms with Gasteiger partial charge in [0.15, 0.2) is 0 Å². The first-order valence-corrected chi connectivity index (χ1v) is 8.45. The molecule has 76 valence electrons. The summed E-state index contributed by atoms with van der Waals surface area (Å²) in [7, 11) is 0. The predicted molar refractivity (Wildman–Crippen MR) is 73.8 cm³/mol. The molecule has 0 fully saturated rings. The minimum atomic E-state index is -1.98. The molecule has 0 saturated heterocycles. The monoisotopic (exact) mass is 288 g/mol. The van der Waals surface area contributed by atoms with Gasteiger partial charge < -0.3 is 12.2 Å². The summed E-state index contributed by atoms with van der Waals surface area (Å²) in [5.74, 6) is 0. The van der Waals surface area contributed by atoms with E-state index in [1.165, 1.54) is 0 Å². The smallest absolute Gasteiger partial charge is 0.738 e. The Hall–Kier alpha value is 1.08. The SMILES string of the molecule is S=P([S-])(c1ccccc1)c1ccccc1.[K+]. The average molecular weight is 288 g/mol. The van der Waals surface area contributed by atoms with Gasteiger partial charge in [-0.25, -0.2) is 0 Å². The van der Waals surface area contributed by atoms with E-state index in [9.17, 15) is 0 Å². The topological polar surface area (TPSA) is 0 Å². The van der Waals surface area contributed by atoms with Crippen LogP contribution in [0.1, 0.15) is 0 Å². The molecule has 0 nitrogen and oxygen atoms in total. The standard InChI is InChI=1S/C12H11PS2.K/c14-13(15,11-7-3-1-4-8-11)12-9-5-2-6-10-12;/h1-10H,(H,14,15);/q;+1/p-1. The van der Waals surface area contributed by atoms with Crippen molar-refractivity contribution in [2.24, 2.45) is 0 Å². The van der Waals surface area contributed by atoms with Crippen LogP contribution in [0.2, 0.25) is 0 Å². The van der Waals surface area contributed by atoms with Gasteiger partial charge in [-0.2, -0.15) is 0 Å². The zero-order chi connectivity index (χ0) is 10.7. The molecule has 0 aliphatic carbocycles. The van der Waals surface area contributed by atoms with Crippen LogP contribution in [0, 0.1) is 0 Å². The molecule has 4 heteroatoms. The molecule has 0 aliphatic rings. The van der Waals surface area contributed by atoms with E-state index in [1.54, 1.807) is 0 Å². The Bertz CT molecular complexity index is 441. The van der Waals surface area contributed by atoms with Gasteiger partial charge in [-0.15, -0.1) is 17.0 Å². The minimum Gasteiger partial charge on any atom is -0.738 e. The van der Waals surface area contributed by atoms with Crippen LogP contribution in [-0.2, 0) is 24.1 Å². The summed E-state index contributed by atoms with van der Waals surface area (Å²) in [6, 6.07) is 20.1. The summed E-state index contributed by atoms with van der Waals surface area (Å²) >= 11 is 11.2. The van der Waals surface area contributed by atoms with Crippen LogP contribution in [0.4, 0.5) is 0 Å². The molecular formula is C12H10KPS2. The van der Waals surface area contributed by atoms with Crippen molar-refractivity contribution in [2.45, 2.75) is 0 Å². The number of hydrogen-bond acceptors (Lipinski definition) is 2. The third-order valence-electron chi connectivity index (χ3n) is 2.19. The van der Waals surface area contributed by atoms with Gasteiger partial charge in [-0.3, -0.25) is 0 Å². The average Bonchev–Trinajstić information content (AvgIpc) is 2.31. The van der Waals surface area contributed by atoms with E-state index in [-0.39, 0.29) is 51.4 Å².